The van der Waals surface area contributed by atoms with E-state index in [0.717, 1.165) is 24.3 Å². The SMILES string of the molecule is O=C(O)COc1ccc(CCNC(=O)CCCC2CCCC2)cc1. The average Bonchev–Trinajstić information content (AvgIpc) is 3.07. The zero-order valence-corrected chi connectivity index (χ0v) is 14.1. The lowest BCUT2D eigenvalue weighted by Gasteiger charge is -2.09. The molecule has 0 unspecified atom stereocenters. The molecule has 0 bridgehead atoms. The maximum Gasteiger partial charge on any atom is 0.341 e. The van der Waals surface area contributed by atoms with E-state index in [1.165, 1.54) is 32.1 Å². The summed E-state index contributed by atoms with van der Waals surface area (Å²) in [5.41, 5.74) is 1.09. The minimum Gasteiger partial charge on any atom is -0.482 e. The van der Waals surface area contributed by atoms with Crippen molar-refractivity contribution in [1.82, 2.24) is 5.32 Å². The summed E-state index contributed by atoms with van der Waals surface area (Å²) >= 11 is 0. The van der Waals surface area contributed by atoms with Gasteiger partial charge in [0.2, 0.25) is 5.91 Å². The van der Waals surface area contributed by atoms with Crippen molar-refractivity contribution in [3.63, 3.8) is 0 Å². The maximum absolute atomic E-state index is 11.8. The Kier molecular flexibility index (Phi) is 7.59. The number of carboxylic acids is 1. The van der Waals surface area contributed by atoms with Crippen molar-refractivity contribution >= 4 is 11.9 Å². The molecule has 0 aromatic heterocycles. The predicted molar refractivity (Wildman–Crippen MR) is 92.1 cm³/mol. The first-order valence-corrected chi connectivity index (χ1v) is 8.83. The van der Waals surface area contributed by atoms with E-state index in [1.54, 1.807) is 12.1 Å². The van der Waals surface area contributed by atoms with E-state index in [1.807, 2.05) is 12.1 Å². The van der Waals surface area contributed by atoms with Crippen LogP contribution in [0.25, 0.3) is 0 Å². The Hall–Kier alpha value is -2.04. The van der Waals surface area contributed by atoms with Crippen molar-refractivity contribution in [3.05, 3.63) is 29.8 Å². The fourth-order valence-electron chi connectivity index (χ4n) is 3.18. The second-order valence-corrected chi connectivity index (χ2v) is 6.47. The fraction of sp³-hybridized carbons (Fsp3) is 0.579. The van der Waals surface area contributed by atoms with Crippen LogP contribution in [0.5, 0.6) is 5.75 Å². The number of carbonyl (C=O) groups is 2. The summed E-state index contributed by atoms with van der Waals surface area (Å²) in [5, 5.41) is 11.5. The number of hydrogen-bond donors (Lipinski definition) is 2. The lowest BCUT2D eigenvalue weighted by molar-refractivity contribution is -0.139. The van der Waals surface area contributed by atoms with Crippen LogP contribution in [0.4, 0.5) is 0 Å². The molecule has 1 aliphatic rings. The summed E-state index contributed by atoms with van der Waals surface area (Å²) in [6.07, 6.45) is 8.96. The van der Waals surface area contributed by atoms with Gasteiger partial charge in [0.1, 0.15) is 5.75 Å². The molecule has 24 heavy (non-hydrogen) atoms. The molecule has 132 valence electrons. The Bertz CT molecular complexity index is 521. The standard InChI is InChI=1S/C19H27NO4/c21-18(7-3-6-15-4-1-2-5-15)20-13-12-16-8-10-17(11-9-16)24-14-19(22)23/h8-11,15H,1-7,12-14H2,(H,20,21)(H,22,23). The number of nitrogens with one attached hydrogen (secondary N) is 1. The highest BCUT2D eigenvalue weighted by Gasteiger charge is 2.14. The van der Waals surface area contributed by atoms with E-state index in [9.17, 15) is 9.59 Å². The Morgan fingerprint density at radius 1 is 1.17 bits per heavy atom. The monoisotopic (exact) mass is 333 g/mol. The van der Waals surface area contributed by atoms with E-state index >= 15 is 0 Å². The van der Waals surface area contributed by atoms with E-state index in [4.69, 9.17) is 9.84 Å². The molecule has 0 atom stereocenters. The molecule has 2 N–H and O–H groups in total. The molecular formula is C19H27NO4. The van der Waals surface area contributed by atoms with Crippen molar-refractivity contribution in [2.24, 2.45) is 5.92 Å². The van der Waals surface area contributed by atoms with Crippen LogP contribution < -0.4 is 10.1 Å². The maximum atomic E-state index is 11.8. The van der Waals surface area contributed by atoms with Crippen LogP contribution in [0.2, 0.25) is 0 Å². The summed E-state index contributed by atoms with van der Waals surface area (Å²) in [7, 11) is 0. The van der Waals surface area contributed by atoms with Gasteiger partial charge in [-0.15, -0.1) is 0 Å². The van der Waals surface area contributed by atoms with Gasteiger partial charge in [-0.25, -0.2) is 4.79 Å². The molecule has 1 saturated carbocycles. The first kappa shape index (κ1) is 18.3. The summed E-state index contributed by atoms with van der Waals surface area (Å²) in [5.74, 6) is 0.529. The predicted octanol–water partition coefficient (Wildman–Crippen LogP) is 3.17. The quantitative estimate of drug-likeness (QED) is 0.689. The lowest BCUT2D eigenvalue weighted by Crippen LogP contribution is -2.25. The van der Waals surface area contributed by atoms with E-state index in [-0.39, 0.29) is 12.5 Å². The second kappa shape index (κ2) is 9.96. The molecule has 0 heterocycles. The molecule has 1 aromatic carbocycles. The highest BCUT2D eigenvalue weighted by atomic mass is 16.5. The zero-order chi connectivity index (χ0) is 17.2. The number of amides is 1. The molecule has 1 aliphatic carbocycles. The summed E-state index contributed by atoms with van der Waals surface area (Å²) in [6, 6.07) is 7.29. The van der Waals surface area contributed by atoms with Crippen molar-refractivity contribution in [1.29, 1.82) is 0 Å². The molecule has 0 aliphatic heterocycles. The van der Waals surface area contributed by atoms with Crippen LogP contribution in [0.1, 0.15) is 50.5 Å². The number of aliphatic carboxylic acids is 1. The van der Waals surface area contributed by atoms with Crippen molar-refractivity contribution in [2.75, 3.05) is 13.2 Å². The number of hydrogen-bond acceptors (Lipinski definition) is 3. The molecule has 1 fully saturated rings. The van der Waals surface area contributed by atoms with Gasteiger partial charge < -0.3 is 15.2 Å². The number of rotatable bonds is 10. The smallest absolute Gasteiger partial charge is 0.341 e. The number of carbonyl (C=O) groups excluding carboxylic acids is 1. The second-order valence-electron chi connectivity index (χ2n) is 6.47. The van der Waals surface area contributed by atoms with Gasteiger partial charge in [0, 0.05) is 13.0 Å². The van der Waals surface area contributed by atoms with Gasteiger partial charge in [0.25, 0.3) is 0 Å². The van der Waals surface area contributed by atoms with Crippen molar-refractivity contribution < 1.29 is 19.4 Å². The van der Waals surface area contributed by atoms with Crippen LogP contribution in [0.3, 0.4) is 0 Å². The first-order chi connectivity index (χ1) is 11.6. The summed E-state index contributed by atoms with van der Waals surface area (Å²) in [4.78, 5) is 22.3. The molecule has 5 heteroatoms. The van der Waals surface area contributed by atoms with Crippen LogP contribution in [0.15, 0.2) is 24.3 Å². The first-order valence-electron chi connectivity index (χ1n) is 8.83. The van der Waals surface area contributed by atoms with Gasteiger partial charge in [-0.3, -0.25) is 4.79 Å². The van der Waals surface area contributed by atoms with Crippen LogP contribution in [-0.2, 0) is 16.0 Å². The Balaban J connectivity index is 1.57. The fourth-order valence-corrected chi connectivity index (χ4v) is 3.18. The third-order valence-corrected chi connectivity index (χ3v) is 4.51. The summed E-state index contributed by atoms with van der Waals surface area (Å²) in [6.45, 7) is 0.286. The number of benzene rings is 1. The largest absolute Gasteiger partial charge is 0.482 e. The Morgan fingerprint density at radius 3 is 2.54 bits per heavy atom. The third kappa shape index (κ3) is 7.02. The molecular weight excluding hydrogens is 306 g/mol. The molecule has 2 rings (SSSR count). The van der Waals surface area contributed by atoms with Gasteiger partial charge in [0.15, 0.2) is 6.61 Å². The molecule has 0 saturated heterocycles. The minimum atomic E-state index is -0.991. The summed E-state index contributed by atoms with van der Waals surface area (Å²) < 4.78 is 5.08. The van der Waals surface area contributed by atoms with E-state index in [0.29, 0.717) is 18.7 Å². The normalized spacial score (nSPS) is 14.5. The highest BCUT2D eigenvalue weighted by Crippen LogP contribution is 2.28. The highest BCUT2D eigenvalue weighted by molar-refractivity contribution is 5.75. The number of ether oxygens (including phenoxy) is 1. The average molecular weight is 333 g/mol. The molecule has 1 amide bonds. The Morgan fingerprint density at radius 2 is 1.88 bits per heavy atom. The van der Waals surface area contributed by atoms with Gasteiger partial charge in [-0.05, 0) is 42.9 Å². The number of carboxylic acid groups (broad SMARTS) is 1. The zero-order valence-electron chi connectivity index (χ0n) is 14.1. The van der Waals surface area contributed by atoms with Gasteiger partial charge in [-0.1, -0.05) is 37.8 Å². The van der Waals surface area contributed by atoms with Crippen molar-refractivity contribution in [3.8, 4) is 5.75 Å². The molecule has 0 spiro atoms. The molecule has 5 nitrogen and oxygen atoms in total. The Labute approximate surface area is 143 Å². The van der Waals surface area contributed by atoms with Crippen LogP contribution in [0, 0.1) is 5.92 Å². The van der Waals surface area contributed by atoms with Gasteiger partial charge in [-0.2, -0.15) is 0 Å². The van der Waals surface area contributed by atoms with E-state index in [2.05, 4.69) is 5.32 Å². The van der Waals surface area contributed by atoms with Crippen LogP contribution >= 0.6 is 0 Å². The van der Waals surface area contributed by atoms with Gasteiger partial charge >= 0.3 is 5.97 Å². The van der Waals surface area contributed by atoms with E-state index < -0.39 is 5.97 Å². The van der Waals surface area contributed by atoms with Crippen LogP contribution in [-0.4, -0.2) is 30.1 Å². The third-order valence-electron chi connectivity index (χ3n) is 4.51. The van der Waals surface area contributed by atoms with Crippen molar-refractivity contribution in [2.45, 2.75) is 51.4 Å². The van der Waals surface area contributed by atoms with Gasteiger partial charge in [0.05, 0.1) is 0 Å². The molecule has 1 aromatic rings. The minimum absolute atomic E-state index is 0.134. The topological polar surface area (TPSA) is 75.6 Å². The lowest BCUT2D eigenvalue weighted by atomic mass is 10.0. The molecule has 0 radical (unpaired) electrons.